The second kappa shape index (κ2) is 7.43. The lowest BCUT2D eigenvalue weighted by Gasteiger charge is -2.23. The van der Waals surface area contributed by atoms with Crippen LogP contribution in [0.3, 0.4) is 0 Å². The highest BCUT2D eigenvalue weighted by atomic mass is 79.9. The van der Waals surface area contributed by atoms with E-state index in [1.807, 2.05) is 13.8 Å². The van der Waals surface area contributed by atoms with E-state index in [4.69, 9.17) is 16.3 Å². The number of halogens is 4. The molecule has 0 bridgehead atoms. The molecule has 0 atom stereocenters. The van der Waals surface area contributed by atoms with Gasteiger partial charge in [0.25, 0.3) is 0 Å². The van der Waals surface area contributed by atoms with Gasteiger partial charge in [0.1, 0.15) is 0 Å². The fraction of sp³-hybridized carbons (Fsp3) is 0.538. The number of methoxy groups -OCH3 is 1. The van der Waals surface area contributed by atoms with E-state index < -0.39 is 6.61 Å². The molecule has 0 heterocycles. The van der Waals surface area contributed by atoms with E-state index in [0.29, 0.717) is 28.1 Å². The predicted octanol–water partition coefficient (Wildman–Crippen LogP) is 4.93. The van der Waals surface area contributed by atoms with Crippen LogP contribution in [-0.2, 0) is 4.74 Å². The highest BCUT2D eigenvalue weighted by Crippen LogP contribution is 2.37. The Morgan fingerprint density at radius 1 is 1.40 bits per heavy atom. The Bertz CT molecular complexity index is 458. The van der Waals surface area contributed by atoms with Gasteiger partial charge < -0.3 is 14.8 Å². The summed E-state index contributed by atoms with van der Waals surface area (Å²) in [4.78, 5) is 0. The minimum absolute atomic E-state index is 0.0413. The number of anilines is 1. The summed E-state index contributed by atoms with van der Waals surface area (Å²) in [5.41, 5.74) is 0.114. The van der Waals surface area contributed by atoms with E-state index in [2.05, 4.69) is 26.0 Å². The lowest BCUT2D eigenvalue weighted by Crippen LogP contribution is -2.25. The molecule has 0 aliphatic rings. The van der Waals surface area contributed by atoms with E-state index >= 15 is 0 Å². The van der Waals surface area contributed by atoms with Gasteiger partial charge in [-0.2, -0.15) is 8.78 Å². The van der Waals surface area contributed by atoms with Crippen molar-refractivity contribution < 1.29 is 18.3 Å². The van der Waals surface area contributed by atoms with Crippen molar-refractivity contribution in [3.8, 4) is 5.75 Å². The van der Waals surface area contributed by atoms with Gasteiger partial charge in [-0.05, 0) is 48.3 Å². The standard InChI is InChI=1S/C13H17BrClF2NO2/c1-13(2,19-3)4-5-18-10-7-8(15)6-9(14)11(10)20-12(16)17/h6-7,12,18H,4-5H2,1-3H3. The van der Waals surface area contributed by atoms with Gasteiger partial charge in [-0.1, -0.05) is 11.6 Å². The van der Waals surface area contributed by atoms with Crippen molar-refractivity contribution in [2.24, 2.45) is 0 Å². The van der Waals surface area contributed by atoms with Crippen LogP contribution in [0.4, 0.5) is 14.5 Å². The molecule has 0 aliphatic heterocycles. The first kappa shape index (κ1) is 17.5. The molecule has 3 nitrogen and oxygen atoms in total. The van der Waals surface area contributed by atoms with Crippen LogP contribution < -0.4 is 10.1 Å². The number of nitrogens with one attached hydrogen (secondary N) is 1. The normalized spacial score (nSPS) is 11.8. The lowest BCUT2D eigenvalue weighted by atomic mass is 10.1. The smallest absolute Gasteiger partial charge is 0.387 e. The monoisotopic (exact) mass is 371 g/mol. The molecule has 0 fully saturated rings. The molecule has 0 saturated heterocycles. The maximum Gasteiger partial charge on any atom is 0.387 e. The summed E-state index contributed by atoms with van der Waals surface area (Å²) in [5, 5.41) is 3.46. The van der Waals surface area contributed by atoms with Gasteiger partial charge >= 0.3 is 6.61 Å². The Hall–Kier alpha value is -0.590. The summed E-state index contributed by atoms with van der Waals surface area (Å²) in [7, 11) is 1.63. The quantitative estimate of drug-likeness (QED) is 0.736. The molecule has 0 spiro atoms. The molecule has 1 aromatic rings. The summed E-state index contributed by atoms with van der Waals surface area (Å²) in [5.74, 6) is 0.0413. The van der Waals surface area contributed by atoms with Crippen LogP contribution in [0.1, 0.15) is 20.3 Å². The predicted molar refractivity (Wildman–Crippen MR) is 80.0 cm³/mol. The first-order chi connectivity index (χ1) is 9.25. The van der Waals surface area contributed by atoms with Crippen LogP contribution in [0.15, 0.2) is 16.6 Å². The molecule has 7 heteroatoms. The molecule has 20 heavy (non-hydrogen) atoms. The molecular weight excluding hydrogens is 356 g/mol. The zero-order chi connectivity index (χ0) is 15.3. The highest BCUT2D eigenvalue weighted by Gasteiger charge is 2.18. The third-order valence-electron chi connectivity index (χ3n) is 2.81. The zero-order valence-corrected chi connectivity index (χ0v) is 13.8. The molecule has 114 valence electrons. The van der Waals surface area contributed by atoms with Crippen molar-refractivity contribution in [3.63, 3.8) is 0 Å². The van der Waals surface area contributed by atoms with Crippen molar-refractivity contribution in [1.29, 1.82) is 0 Å². The minimum atomic E-state index is -2.90. The van der Waals surface area contributed by atoms with Crippen molar-refractivity contribution in [1.82, 2.24) is 0 Å². The van der Waals surface area contributed by atoms with Gasteiger partial charge in [0.15, 0.2) is 5.75 Å². The zero-order valence-electron chi connectivity index (χ0n) is 11.5. The Labute approximate surface area is 130 Å². The van der Waals surface area contributed by atoms with Crippen LogP contribution in [0.25, 0.3) is 0 Å². The van der Waals surface area contributed by atoms with E-state index in [-0.39, 0.29) is 11.4 Å². The van der Waals surface area contributed by atoms with E-state index in [1.165, 1.54) is 6.07 Å². The Morgan fingerprint density at radius 2 is 2.05 bits per heavy atom. The molecule has 0 aliphatic carbocycles. The minimum Gasteiger partial charge on any atom is -0.431 e. The van der Waals surface area contributed by atoms with Gasteiger partial charge in [0, 0.05) is 18.7 Å². The van der Waals surface area contributed by atoms with Crippen LogP contribution in [0, 0.1) is 0 Å². The maximum atomic E-state index is 12.4. The first-order valence-electron chi connectivity index (χ1n) is 5.98. The number of ether oxygens (including phenoxy) is 2. The average Bonchev–Trinajstić information content (AvgIpc) is 2.33. The molecule has 1 aromatic carbocycles. The van der Waals surface area contributed by atoms with Crippen LogP contribution >= 0.6 is 27.5 Å². The summed E-state index contributed by atoms with van der Waals surface area (Å²) in [6.07, 6.45) is 0.696. The molecule has 0 amide bonds. The molecule has 1 rings (SSSR count). The molecule has 0 saturated carbocycles. The Morgan fingerprint density at radius 3 is 2.60 bits per heavy atom. The third-order valence-corrected chi connectivity index (χ3v) is 3.62. The second-order valence-corrected chi connectivity index (χ2v) is 6.07. The number of alkyl halides is 2. The summed E-state index contributed by atoms with van der Waals surface area (Å²) in [6.45, 7) is 1.52. The Kier molecular flexibility index (Phi) is 6.48. The van der Waals surface area contributed by atoms with Crippen LogP contribution in [-0.4, -0.2) is 25.9 Å². The molecule has 0 aromatic heterocycles. The molecule has 1 N–H and O–H groups in total. The maximum absolute atomic E-state index is 12.4. The van der Waals surface area contributed by atoms with Gasteiger partial charge in [0.05, 0.1) is 15.8 Å². The SMILES string of the molecule is COC(C)(C)CCNc1cc(Cl)cc(Br)c1OC(F)F. The molecule has 0 unspecified atom stereocenters. The first-order valence-corrected chi connectivity index (χ1v) is 7.15. The summed E-state index contributed by atoms with van der Waals surface area (Å²) < 4.78 is 35.0. The lowest BCUT2D eigenvalue weighted by molar-refractivity contribution is -0.0499. The average molecular weight is 373 g/mol. The van der Waals surface area contributed by atoms with Crippen molar-refractivity contribution in [2.45, 2.75) is 32.5 Å². The number of hydrogen-bond acceptors (Lipinski definition) is 3. The van der Waals surface area contributed by atoms with Gasteiger partial charge in [0.2, 0.25) is 0 Å². The number of hydrogen-bond donors (Lipinski definition) is 1. The van der Waals surface area contributed by atoms with Gasteiger partial charge in [-0.15, -0.1) is 0 Å². The molecular formula is C13H17BrClF2NO2. The third kappa shape index (κ3) is 5.42. The summed E-state index contributed by atoms with van der Waals surface area (Å²) in [6, 6.07) is 3.05. The van der Waals surface area contributed by atoms with Crippen molar-refractivity contribution >= 4 is 33.2 Å². The van der Waals surface area contributed by atoms with Crippen LogP contribution in [0.5, 0.6) is 5.75 Å². The highest BCUT2D eigenvalue weighted by molar-refractivity contribution is 9.10. The van der Waals surface area contributed by atoms with Crippen molar-refractivity contribution in [2.75, 3.05) is 19.0 Å². The van der Waals surface area contributed by atoms with E-state index in [9.17, 15) is 8.78 Å². The Balaban J connectivity index is 2.82. The second-order valence-electron chi connectivity index (χ2n) is 4.78. The molecule has 0 radical (unpaired) electrons. The number of benzene rings is 1. The fourth-order valence-corrected chi connectivity index (χ4v) is 2.40. The fourth-order valence-electron chi connectivity index (χ4n) is 1.50. The van der Waals surface area contributed by atoms with E-state index in [1.54, 1.807) is 13.2 Å². The van der Waals surface area contributed by atoms with Gasteiger partial charge in [-0.25, -0.2) is 0 Å². The van der Waals surface area contributed by atoms with Gasteiger partial charge in [-0.3, -0.25) is 0 Å². The van der Waals surface area contributed by atoms with Crippen LogP contribution in [0.2, 0.25) is 5.02 Å². The van der Waals surface area contributed by atoms with E-state index in [0.717, 1.165) is 0 Å². The largest absolute Gasteiger partial charge is 0.431 e. The number of rotatable bonds is 7. The summed E-state index contributed by atoms with van der Waals surface area (Å²) >= 11 is 9.08. The van der Waals surface area contributed by atoms with Crippen molar-refractivity contribution in [3.05, 3.63) is 21.6 Å². The topological polar surface area (TPSA) is 30.5 Å².